The normalized spacial score (nSPS) is 14.6. The fourth-order valence-corrected chi connectivity index (χ4v) is 5.47. The Balaban J connectivity index is 1.49. The van der Waals surface area contributed by atoms with Crippen LogP contribution >= 0.6 is 0 Å². The average molecular weight is 489 g/mol. The fraction of sp³-hybridized carbons (Fsp3) is 0.458. The molecule has 1 aromatic carbocycles. The first-order valence-corrected chi connectivity index (χ1v) is 12.6. The van der Waals surface area contributed by atoms with Crippen molar-refractivity contribution in [3.8, 4) is 5.75 Å². The number of aryl methyl sites for hydroxylation is 1. The quantitative estimate of drug-likeness (QED) is 0.563. The maximum atomic E-state index is 12.7. The van der Waals surface area contributed by atoms with Crippen molar-refractivity contribution in [2.75, 3.05) is 40.3 Å². The van der Waals surface area contributed by atoms with Gasteiger partial charge in [-0.2, -0.15) is 4.31 Å². The smallest absolute Gasteiger partial charge is 0.243 e. The highest BCUT2D eigenvalue weighted by molar-refractivity contribution is 7.89. The zero-order chi connectivity index (χ0) is 24.9. The number of nitrogens with zero attached hydrogens (tertiary/aromatic N) is 4. The molecule has 1 aliphatic rings. The third kappa shape index (κ3) is 5.74. The minimum Gasteiger partial charge on any atom is -0.496 e. The highest BCUT2D eigenvalue weighted by Crippen LogP contribution is 2.24. The van der Waals surface area contributed by atoms with E-state index in [9.17, 15) is 18.0 Å². The molecule has 0 atom stereocenters. The van der Waals surface area contributed by atoms with Gasteiger partial charge in [0.15, 0.2) is 0 Å². The van der Waals surface area contributed by atoms with Crippen molar-refractivity contribution < 1.29 is 22.7 Å². The predicted octanol–water partition coefficient (Wildman–Crippen LogP) is 1.98. The Kier molecular flexibility index (Phi) is 8.27. The minimum atomic E-state index is -3.57. The molecule has 0 saturated carbocycles. The lowest BCUT2D eigenvalue weighted by Crippen LogP contribution is -2.50. The lowest BCUT2D eigenvalue weighted by molar-refractivity contribution is -0.137. The molecule has 0 unspecified atom stereocenters. The van der Waals surface area contributed by atoms with Gasteiger partial charge in [0.1, 0.15) is 5.75 Å². The monoisotopic (exact) mass is 488 g/mol. The molecule has 1 aliphatic heterocycles. The summed E-state index contributed by atoms with van der Waals surface area (Å²) in [5.74, 6) is 0.457. The van der Waals surface area contributed by atoms with Gasteiger partial charge in [-0.05, 0) is 26.0 Å². The number of pyridine rings is 1. The lowest BCUT2D eigenvalue weighted by atomic mass is 10.1. The van der Waals surface area contributed by atoms with E-state index in [0.29, 0.717) is 19.6 Å². The van der Waals surface area contributed by atoms with Crippen LogP contribution in [0.4, 0.5) is 0 Å². The van der Waals surface area contributed by atoms with Crippen molar-refractivity contribution in [1.82, 2.24) is 19.1 Å². The van der Waals surface area contributed by atoms with E-state index in [4.69, 9.17) is 4.74 Å². The van der Waals surface area contributed by atoms with Crippen LogP contribution in [0.25, 0.3) is 0 Å². The Morgan fingerprint density at radius 3 is 2.32 bits per heavy atom. The number of hydrogen-bond donors (Lipinski definition) is 0. The van der Waals surface area contributed by atoms with Crippen molar-refractivity contribution in [3.05, 3.63) is 53.3 Å². The molecule has 0 aliphatic carbocycles. The van der Waals surface area contributed by atoms with E-state index in [2.05, 4.69) is 4.98 Å². The van der Waals surface area contributed by atoms with Crippen molar-refractivity contribution >= 4 is 21.8 Å². The molecular weight excluding hydrogens is 456 g/mol. The summed E-state index contributed by atoms with van der Waals surface area (Å²) >= 11 is 0. The van der Waals surface area contributed by atoms with E-state index < -0.39 is 10.0 Å². The number of sulfonamides is 1. The van der Waals surface area contributed by atoms with E-state index in [1.165, 1.54) is 4.31 Å². The number of aromatic nitrogens is 1. The molecule has 0 radical (unpaired) electrons. The van der Waals surface area contributed by atoms with Gasteiger partial charge < -0.3 is 14.5 Å². The van der Waals surface area contributed by atoms with Gasteiger partial charge in [0.25, 0.3) is 0 Å². The Morgan fingerprint density at radius 2 is 1.71 bits per heavy atom. The molecular formula is C24H32N4O5S. The van der Waals surface area contributed by atoms with Crippen LogP contribution in [-0.2, 0) is 26.2 Å². The van der Waals surface area contributed by atoms with Crippen LogP contribution in [0.15, 0.2) is 41.4 Å². The summed E-state index contributed by atoms with van der Waals surface area (Å²) in [5.41, 5.74) is 2.57. The van der Waals surface area contributed by atoms with Crippen LogP contribution in [0.2, 0.25) is 0 Å². The zero-order valence-electron chi connectivity index (χ0n) is 20.2. The maximum absolute atomic E-state index is 12.7. The van der Waals surface area contributed by atoms with Crippen molar-refractivity contribution in [2.24, 2.45) is 0 Å². The third-order valence-electron chi connectivity index (χ3n) is 6.09. The van der Waals surface area contributed by atoms with E-state index >= 15 is 0 Å². The minimum absolute atomic E-state index is 0.0816. The molecule has 1 fully saturated rings. The van der Waals surface area contributed by atoms with Crippen LogP contribution in [-0.4, -0.2) is 79.7 Å². The Morgan fingerprint density at radius 1 is 1.06 bits per heavy atom. The topological polar surface area (TPSA) is 100 Å². The number of piperazine rings is 1. The van der Waals surface area contributed by atoms with E-state index in [-0.39, 0.29) is 42.6 Å². The standard InChI is InChI=1S/C24H32N4O5S/c1-18-16-25-21(19(2)24(18)33-4)17-26(3)22(29)10-11-23(30)27-12-14-28(15-13-27)34(31,32)20-8-6-5-7-9-20/h5-9,16H,10-15,17H2,1-4H3. The Bertz CT molecular complexity index is 1130. The summed E-state index contributed by atoms with van der Waals surface area (Å²) in [6.45, 7) is 5.23. The molecule has 184 valence electrons. The molecule has 2 amide bonds. The van der Waals surface area contributed by atoms with Gasteiger partial charge in [0.2, 0.25) is 21.8 Å². The molecule has 0 spiro atoms. The fourth-order valence-electron chi connectivity index (χ4n) is 4.03. The lowest BCUT2D eigenvalue weighted by Gasteiger charge is -2.34. The molecule has 9 nitrogen and oxygen atoms in total. The largest absolute Gasteiger partial charge is 0.496 e. The number of methoxy groups -OCH3 is 1. The zero-order valence-corrected chi connectivity index (χ0v) is 21.0. The summed E-state index contributed by atoms with van der Waals surface area (Å²) in [4.78, 5) is 33.1. The van der Waals surface area contributed by atoms with Gasteiger partial charge >= 0.3 is 0 Å². The highest BCUT2D eigenvalue weighted by atomic mass is 32.2. The van der Waals surface area contributed by atoms with E-state index in [1.54, 1.807) is 60.5 Å². The Hall–Kier alpha value is -2.98. The molecule has 34 heavy (non-hydrogen) atoms. The third-order valence-corrected chi connectivity index (χ3v) is 8.00. The number of hydrogen-bond acceptors (Lipinski definition) is 6. The molecule has 2 aromatic rings. The summed E-state index contributed by atoms with van der Waals surface area (Å²) in [6, 6.07) is 8.28. The molecule has 2 heterocycles. The summed E-state index contributed by atoms with van der Waals surface area (Å²) in [5, 5.41) is 0. The number of benzene rings is 1. The van der Waals surface area contributed by atoms with Crippen LogP contribution in [0.1, 0.15) is 29.7 Å². The van der Waals surface area contributed by atoms with Crippen LogP contribution < -0.4 is 4.74 Å². The molecule has 1 saturated heterocycles. The van der Waals surface area contributed by atoms with Gasteiger partial charge in [-0.15, -0.1) is 0 Å². The summed E-state index contributed by atoms with van der Waals surface area (Å²) in [7, 11) is -0.274. The number of carbonyl (C=O) groups excluding carboxylic acids is 2. The number of amides is 2. The van der Waals surface area contributed by atoms with E-state index in [0.717, 1.165) is 22.6 Å². The molecule has 10 heteroatoms. The molecule has 1 aromatic heterocycles. The number of rotatable bonds is 8. The SMILES string of the molecule is COc1c(C)cnc(CN(C)C(=O)CCC(=O)N2CCN(S(=O)(=O)c3ccccc3)CC2)c1C. The number of ether oxygens (including phenoxy) is 1. The van der Waals surface area contributed by atoms with Gasteiger partial charge in [-0.25, -0.2) is 8.42 Å². The van der Waals surface area contributed by atoms with Gasteiger partial charge in [0, 0.05) is 63.4 Å². The van der Waals surface area contributed by atoms with Crippen LogP contribution in [0.5, 0.6) is 5.75 Å². The Labute approximate surface area is 201 Å². The molecule has 3 rings (SSSR count). The first-order chi connectivity index (χ1) is 16.1. The van der Waals surface area contributed by atoms with E-state index in [1.807, 2.05) is 13.8 Å². The second-order valence-electron chi connectivity index (χ2n) is 8.39. The average Bonchev–Trinajstić information content (AvgIpc) is 2.85. The van der Waals surface area contributed by atoms with Crippen LogP contribution in [0, 0.1) is 13.8 Å². The first-order valence-electron chi connectivity index (χ1n) is 11.2. The van der Waals surface area contributed by atoms with Gasteiger partial charge in [-0.1, -0.05) is 18.2 Å². The van der Waals surface area contributed by atoms with Crippen LogP contribution in [0.3, 0.4) is 0 Å². The predicted molar refractivity (Wildman–Crippen MR) is 128 cm³/mol. The van der Waals surface area contributed by atoms with Crippen molar-refractivity contribution in [2.45, 2.75) is 38.1 Å². The highest BCUT2D eigenvalue weighted by Gasteiger charge is 2.30. The van der Waals surface area contributed by atoms with Crippen molar-refractivity contribution in [1.29, 1.82) is 0 Å². The maximum Gasteiger partial charge on any atom is 0.243 e. The van der Waals surface area contributed by atoms with Gasteiger partial charge in [-0.3, -0.25) is 14.6 Å². The summed E-state index contributed by atoms with van der Waals surface area (Å²) in [6.07, 6.45) is 1.89. The first kappa shape index (κ1) is 25.6. The second kappa shape index (κ2) is 11.0. The molecule has 0 bridgehead atoms. The molecule has 0 N–H and O–H groups in total. The summed E-state index contributed by atoms with van der Waals surface area (Å²) < 4.78 is 32.3. The number of carbonyl (C=O) groups is 2. The van der Waals surface area contributed by atoms with Gasteiger partial charge in [0.05, 0.1) is 24.2 Å². The second-order valence-corrected chi connectivity index (χ2v) is 10.3. The van der Waals surface area contributed by atoms with Crippen molar-refractivity contribution in [3.63, 3.8) is 0 Å².